The lowest BCUT2D eigenvalue weighted by molar-refractivity contribution is 0.408. The molecule has 3 heterocycles. The van der Waals surface area contributed by atoms with Crippen LogP contribution < -0.4 is 15.7 Å². The molecule has 0 amide bonds. The number of para-hydroxylation sites is 3. The van der Waals surface area contributed by atoms with Crippen molar-refractivity contribution in [3.05, 3.63) is 112 Å². The maximum Gasteiger partial charge on any atom is 0.342 e. The lowest BCUT2D eigenvalue weighted by atomic mass is 9.81. The first-order valence-electron chi connectivity index (χ1n) is 10.8. The monoisotopic (exact) mass is 435 g/mol. The Balaban J connectivity index is 1.73. The van der Waals surface area contributed by atoms with Gasteiger partial charge in [-0.25, -0.2) is 9.48 Å². The highest BCUT2D eigenvalue weighted by molar-refractivity contribution is 5.96. The minimum Gasteiger partial charge on any atom is -0.496 e. The van der Waals surface area contributed by atoms with E-state index in [0.717, 1.165) is 39.4 Å². The fourth-order valence-corrected chi connectivity index (χ4v) is 4.80. The largest absolute Gasteiger partial charge is 0.496 e. The molecule has 0 spiro atoms. The average Bonchev–Trinajstić information content (AvgIpc) is 3.19. The van der Waals surface area contributed by atoms with E-state index in [1.165, 1.54) is 0 Å². The standard InChI is InChI=1S/C27H21N3O3/c1-16-22-23(18-12-6-8-14-20(18)32-2)24-25(19-13-7-9-15-21(19)33-27(24)31)28-26(22)30(29-16)17-10-4-3-5-11-17/h3-15,23,28H,1-2H3. The topological polar surface area (TPSA) is 69.3 Å². The number of methoxy groups -OCH3 is 1. The number of aromatic nitrogens is 2. The molecule has 6 heteroatoms. The summed E-state index contributed by atoms with van der Waals surface area (Å²) >= 11 is 0. The third kappa shape index (κ3) is 2.88. The van der Waals surface area contributed by atoms with Crippen molar-refractivity contribution in [3.63, 3.8) is 0 Å². The minimum absolute atomic E-state index is 0.371. The molecule has 3 aromatic carbocycles. The van der Waals surface area contributed by atoms with E-state index in [1.54, 1.807) is 7.11 Å². The number of anilines is 2. The van der Waals surface area contributed by atoms with Crippen LogP contribution in [0, 0.1) is 6.92 Å². The van der Waals surface area contributed by atoms with E-state index in [0.29, 0.717) is 16.9 Å². The SMILES string of the molecule is COc1ccccc1C1c2c(C)nn(-c3ccccc3)c2Nc2c1c(=O)oc1ccccc21. The molecule has 0 bridgehead atoms. The van der Waals surface area contributed by atoms with Crippen LogP contribution in [0.2, 0.25) is 0 Å². The van der Waals surface area contributed by atoms with Gasteiger partial charge in [-0.05, 0) is 37.3 Å². The maximum absolute atomic E-state index is 13.4. The molecule has 2 aromatic heterocycles. The van der Waals surface area contributed by atoms with Crippen LogP contribution in [0.25, 0.3) is 16.7 Å². The fraction of sp³-hybridized carbons (Fsp3) is 0.111. The van der Waals surface area contributed by atoms with Crippen LogP contribution in [0.5, 0.6) is 5.75 Å². The highest BCUT2D eigenvalue weighted by Gasteiger charge is 2.37. The van der Waals surface area contributed by atoms with E-state index >= 15 is 0 Å². The number of fused-ring (bicyclic) bond motifs is 4. The van der Waals surface area contributed by atoms with Crippen LogP contribution in [-0.4, -0.2) is 16.9 Å². The first kappa shape index (κ1) is 19.4. The lowest BCUT2D eigenvalue weighted by Gasteiger charge is -2.29. The summed E-state index contributed by atoms with van der Waals surface area (Å²) in [5.41, 5.74) is 5.05. The van der Waals surface area contributed by atoms with Crippen molar-refractivity contribution < 1.29 is 9.15 Å². The first-order valence-corrected chi connectivity index (χ1v) is 10.8. The molecule has 5 aromatic rings. The van der Waals surface area contributed by atoms with Gasteiger partial charge in [-0.2, -0.15) is 5.10 Å². The van der Waals surface area contributed by atoms with Crippen LogP contribution >= 0.6 is 0 Å². The Hall–Kier alpha value is -4.32. The summed E-state index contributed by atoms with van der Waals surface area (Å²) < 4.78 is 13.4. The fourth-order valence-electron chi connectivity index (χ4n) is 4.80. The van der Waals surface area contributed by atoms with E-state index in [2.05, 4.69) is 5.32 Å². The van der Waals surface area contributed by atoms with Crippen LogP contribution in [-0.2, 0) is 0 Å². The van der Waals surface area contributed by atoms with Gasteiger partial charge in [-0.1, -0.05) is 48.5 Å². The molecule has 1 aliphatic heterocycles. The van der Waals surface area contributed by atoms with Gasteiger partial charge >= 0.3 is 5.63 Å². The second-order valence-electron chi connectivity index (χ2n) is 8.07. The smallest absolute Gasteiger partial charge is 0.342 e. The van der Waals surface area contributed by atoms with E-state index in [4.69, 9.17) is 14.3 Å². The zero-order valence-corrected chi connectivity index (χ0v) is 18.2. The molecule has 6 nitrogen and oxygen atoms in total. The van der Waals surface area contributed by atoms with Gasteiger partial charge in [0.05, 0.1) is 35.7 Å². The molecule has 6 rings (SSSR count). The molecule has 0 saturated carbocycles. The van der Waals surface area contributed by atoms with Crippen molar-refractivity contribution in [2.75, 3.05) is 12.4 Å². The molecule has 33 heavy (non-hydrogen) atoms. The van der Waals surface area contributed by atoms with Gasteiger partial charge in [0.15, 0.2) is 0 Å². The number of benzene rings is 3. The number of nitrogens with zero attached hydrogens (tertiary/aromatic N) is 2. The van der Waals surface area contributed by atoms with E-state index in [9.17, 15) is 4.79 Å². The zero-order chi connectivity index (χ0) is 22.5. The van der Waals surface area contributed by atoms with Gasteiger partial charge < -0.3 is 14.5 Å². The van der Waals surface area contributed by atoms with Crippen LogP contribution in [0.15, 0.2) is 88.1 Å². The van der Waals surface area contributed by atoms with Gasteiger partial charge in [-0.15, -0.1) is 0 Å². The Bertz CT molecular complexity index is 1570. The van der Waals surface area contributed by atoms with Gasteiger partial charge in [0, 0.05) is 16.5 Å². The third-order valence-electron chi connectivity index (χ3n) is 6.23. The van der Waals surface area contributed by atoms with Gasteiger partial charge in [0.1, 0.15) is 17.2 Å². The Kier molecular flexibility index (Phi) is 4.33. The average molecular weight is 435 g/mol. The number of hydrogen-bond donors (Lipinski definition) is 1. The molecule has 0 aliphatic carbocycles. The highest BCUT2D eigenvalue weighted by Crippen LogP contribution is 2.49. The maximum atomic E-state index is 13.4. The second-order valence-corrected chi connectivity index (χ2v) is 8.07. The Morgan fingerprint density at radius 2 is 1.67 bits per heavy atom. The Labute approximate surface area is 190 Å². The molecular weight excluding hydrogens is 414 g/mol. The second kappa shape index (κ2) is 7.38. The molecule has 0 radical (unpaired) electrons. The van der Waals surface area contributed by atoms with Crippen molar-refractivity contribution in [1.29, 1.82) is 0 Å². The van der Waals surface area contributed by atoms with E-state index in [1.807, 2.05) is 90.5 Å². The molecule has 1 N–H and O–H groups in total. The molecule has 0 saturated heterocycles. The van der Waals surface area contributed by atoms with Crippen molar-refractivity contribution >= 4 is 22.5 Å². The number of rotatable bonds is 3. The molecule has 0 fully saturated rings. The van der Waals surface area contributed by atoms with Crippen LogP contribution in [0.3, 0.4) is 0 Å². The summed E-state index contributed by atoms with van der Waals surface area (Å²) in [6, 6.07) is 25.3. The summed E-state index contributed by atoms with van der Waals surface area (Å²) in [7, 11) is 1.64. The summed E-state index contributed by atoms with van der Waals surface area (Å²) in [6.07, 6.45) is 0. The number of nitrogens with one attached hydrogen (secondary N) is 1. The van der Waals surface area contributed by atoms with Crippen molar-refractivity contribution in [2.45, 2.75) is 12.8 Å². The summed E-state index contributed by atoms with van der Waals surface area (Å²) in [5, 5.41) is 9.26. The van der Waals surface area contributed by atoms with Crippen molar-refractivity contribution in [1.82, 2.24) is 9.78 Å². The third-order valence-corrected chi connectivity index (χ3v) is 6.23. The van der Waals surface area contributed by atoms with Gasteiger partial charge in [0.2, 0.25) is 0 Å². The quantitative estimate of drug-likeness (QED) is 0.370. The summed E-state index contributed by atoms with van der Waals surface area (Å²) in [5.74, 6) is 1.14. The van der Waals surface area contributed by atoms with Crippen LogP contribution in [0.1, 0.15) is 28.3 Å². The number of hydrogen-bond acceptors (Lipinski definition) is 5. The summed E-state index contributed by atoms with van der Waals surface area (Å²) in [6.45, 7) is 1.97. The Morgan fingerprint density at radius 1 is 0.939 bits per heavy atom. The molecule has 1 unspecified atom stereocenters. The molecule has 162 valence electrons. The van der Waals surface area contributed by atoms with Gasteiger partial charge in [-0.3, -0.25) is 0 Å². The lowest BCUT2D eigenvalue weighted by Crippen LogP contribution is -2.23. The van der Waals surface area contributed by atoms with Crippen molar-refractivity contribution in [3.8, 4) is 11.4 Å². The highest BCUT2D eigenvalue weighted by atomic mass is 16.5. The van der Waals surface area contributed by atoms with Crippen molar-refractivity contribution in [2.24, 2.45) is 0 Å². The predicted molar refractivity (Wildman–Crippen MR) is 128 cm³/mol. The minimum atomic E-state index is -0.397. The predicted octanol–water partition coefficient (Wildman–Crippen LogP) is 5.53. The normalized spacial score (nSPS) is 14.4. The van der Waals surface area contributed by atoms with E-state index < -0.39 is 5.92 Å². The van der Waals surface area contributed by atoms with E-state index in [-0.39, 0.29) is 5.63 Å². The summed E-state index contributed by atoms with van der Waals surface area (Å²) in [4.78, 5) is 13.4. The van der Waals surface area contributed by atoms with Crippen LogP contribution in [0.4, 0.5) is 11.5 Å². The zero-order valence-electron chi connectivity index (χ0n) is 18.2. The molecule has 1 atom stereocenters. The molecule has 1 aliphatic rings. The first-order chi connectivity index (χ1) is 16.2. The Morgan fingerprint density at radius 3 is 2.48 bits per heavy atom. The number of aryl methyl sites for hydroxylation is 1. The number of ether oxygens (including phenoxy) is 1. The van der Waals surface area contributed by atoms with Gasteiger partial charge in [0.25, 0.3) is 0 Å². The molecular formula is C27H21N3O3.